The van der Waals surface area contributed by atoms with E-state index in [0.717, 1.165) is 26.1 Å². The van der Waals surface area contributed by atoms with Crippen LogP contribution in [0.15, 0.2) is 18.2 Å². The van der Waals surface area contributed by atoms with Crippen molar-refractivity contribution in [2.45, 2.75) is 31.2 Å². The van der Waals surface area contributed by atoms with Crippen molar-refractivity contribution < 1.29 is 5.11 Å². The number of nitrogens with one attached hydrogen (secondary N) is 2. The lowest BCUT2D eigenvalue weighted by Crippen LogP contribution is -2.51. The number of piperazine rings is 1. The number of phenolic OH excluding ortho intramolecular Hbond substituents is 1. The molecule has 3 N–H and O–H groups in total. The first-order valence-corrected chi connectivity index (χ1v) is 6.60. The first-order valence-electron chi connectivity index (χ1n) is 6.60. The summed E-state index contributed by atoms with van der Waals surface area (Å²) in [5, 5.41) is 16.6. The third kappa shape index (κ3) is 2.17. The Bertz CT molecular complexity index is 399. The molecule has 0 bridgehead atoms. The fourth-order valence-electron chi connectivity index (χ4n) is 3.22. The van der Waals surface area contributed by atoms with Crippen LogP contribution in [0.2, 0.25) is 0 Å². The van der Waals surface area contributed by atoms with E-state index in [-0.39, 0.29) is 0 Å². The number of benzene rings is 1. The Morgan fingerprint density at radius 2 is 2.18 bits per heavy atom. The van der Waals surface area contributed by atoms with Crippen LogP contribution >= 0.6 is 0 Å². The number of hydrogen-bond donors (Lipinski definition) is 3. The predicted octanol–water partition coefficient (Wildman–Crippen LogP) is 1.37. The second-order valence-electron chi connectivity index (χ2n) is 5.15. The van der Waals surface area contributed by atoms with Crippen molar-refractivity contribution in [3.63, 3.8) is 0 Å². The zero-order chi connectivity index (χ0) is 11.7. The molecule has 1 fully saturated rings. The highest BCUT2D eigenvalue weighted by molar-refractivity contribution is 5.39. The molecular formula is C14H20N2O. The molecule has 0 radical (unpaired) electrons. The van der Waals surface area contributed by atoms with Crippen molar-refractivity contribution in [3.05, 3.63) is 29.3 Å². The molecule has 2 aliphatic rings. The summed E-state index contributed by atoms with van der Waals surface area (Å²) in [4.78, 5) is 0. The number of aromatic hydroxyl groups is 1. The first-order chi connectivity index (χ1) is 8.34. The Hall–Kier alpha value is -1.06. The zero-order valence-corrected chi connectivity index (χ0v) is 10.1. The SMILES string of the molecule is Oc1ccc2c(c1)CCCC2C1CNCCN1. The average Bonchev–Trinajstić information content (AvgIpc) is 2.39. The summed E-state index contributed by atoms with van der Waals surface area (Å²) in [6, 6.07) is 6.43. The van der Waals surface area contributed by atoms with Gasteiger partial charge >= 0.3 is 0 Å². The van der Waals surface area contributed by atoms with E-state index in [1.54, 1.807) is 0 Å². The molecule has 3 rings (SSSR count). The van der Waals surface area contributed by atoms with Crippen molar-refractivity contribution in [1.29, 1.82) is 0 Å². The van der Waals surface area contributed by atoms with Crippen LogP contribution < -0.4 is 10.6 Å². The van der Waals surface area contributed by atoms with Crippen LogP contribution in [0.5, 0.6) is 5.75 Å². The van der Waals surface area contributed by atoms with E-state index in [4.69, 9.17) is 0 Å². The van der Waals surface area contributed by atoms with Gasteiger partial charge in [0.25, 0.3) is 0 Å². The molecule has 3 heteroatoms. The minimum Gasteiger partial charge on any atom is -0.508 e. The maximum Gasteiger partial charge on any atom is 0.115 e. The lowest BCUT2D eigenvalue weighted by Gasteiger charge is -2.35. The first kappa shape index (κ1) is 11.1. The highest BCUT2D eigenvalue weighted by Gasteiger charge is 2.28. The molecule has 1 aromatic rings. The second kappa shape index (κ2) is 4.67. The molecule has 3 nitrogen and oxygen atoms in total. The summed E-state index contributed by atoms with van der Waals surface area (Å²) in [5.41, 5.74) is 2.78. The maximum absolute atomic E-state index is 9.56. The van der Waals surface area contributed by atoms with Gasteiger partial charge in [0.15, 0.2) is 0 Å². The van der Waals surface area contributed by atoms with Crippen molar-refractivity contribution in [2.75, 3.05) is 19.6 Å². The maximum atomic E-state index is 9.56. The average molecular weight is 232 g/mol. The van der Waals surface area contributed by atoms with E-state index in [1.807, 2.05) is 12.1 Å². The van der Waals surface area contributed by atoms with E-state index in [0.29, 0.717) is 17.7 Å². The summed E-state index contributed by atoms with van der Waals surface area (Å²) >= 11 is 0. The molecule has 1 aliphatic heterocycles. The predicted molar refractivity (Wildman–Crippen MR) is 68.4 cm³/mol. The van der Waals surface area contributed by atoms with Crippen LogP contribution in [-0.2, 0) is 6.42 Å². The molecular weight excluding hydrogens is 212 g/mol. The Morgan fingerprint density at radius 1 is 1.24 bits per heavy atom. The summed E-state index contributed by atoms with van der Waals surface area (Å²) < 4.78 is 0. The minimum absolute atomic E-state index is 0.402. The quantitative estimate of drug-likeness (QED) is 0.685. The molecule has 1 saturated heterocycles. The van der Waals surface area contributed by atoms with Gasteiger partial charge in [-0.15, -0.1) is 0 Å². The largest absolute Gasteiger partial charge is 0.508 e. The van der Waals surface area contributed by atoms with E-state index >= 15 is 0 Å². The van der Waals surface area contributed by atoms with Crippen LogP contribution in [0, 0.1) is 0 Å². The number of phenols is 1. The molecule has 1 aliphatic carbocycles. The standard InChI is InChI=1S/C14H20N2O/c17-11-4-5-12-10(8-11)2-1-3-13(12)14-9-15-6-7-16-14/h4-5,8,13-17H,1-3,6-7,9H2. The molecule has 0 spiro atoms. The van der Waals surface area contributed by atoms with Gasteiger partial charge in [0, 0.05) is 31.6 Å². The second-order valence-corrected chi connectivity index (χ2v) is 5.15. The van der Waals surface area contributed by atoms with Crippen molar-refractivity contribution in [2.24, 2.45) is 0 Å². The van der Waals surface area contributed by atoms with Gasteiger partial charge in [0.1, 0.15) is 5.75 Å². The molecule has 1 aromatic carbocycles. The minimum atomic E-state index is 0.402. The van der Waals surface area contributed by atoms with Crippen LogP contribution in [-0.4, -0.2) is 30.8 Å². The van der Waals surface area contributed by atoms with Gasteiger partial charge in [0.05, 0.1) is 0 Å². The van der Waals surface area contributed by atoms with Crippen LogP contribution in [0.1, 0.15) is 29.9 Å². The fraction of sp³-hybridized carbons (Fsp3) is 0.571. The molecule has 92 valence electrons. The topological polar surface area (TPSA) is 44.3 Å². The van der Waals surface area contributed by atoms with Crippen LogP contribution in [0.3, 0.4) is 0 Å². The van der Waals surface area contributed by atoms with Gasteiger partial charge in [-0.3, -0.25) is 0 Å². The summed E-state index contributed by atoms with van der Waals surface area (Å²) in [6.07, 6.45) is 3.61. The van der Waals surface area contributed by atoms with Gasteiger partial charge in [0.2, 0.25) is 0 Å². The summed E-state index contributed by atoms with van der Waals surface area (Å²) in [6.45, 7) is 3.20. The van der Waals surface area contributed by atoms with Gasteiger partial charge in [-0.05, 0) is 42.5 Å². The third-order valence-corrected chi connectivity index (χ3v) is 4.05. The molecule has 17 heavy (non-hydrogen) atoms. The molecule has 2 unspecified atom stereocenters. The monoisotopic (exact) mass is 232 g/mol. The Morgan fingerprint density at radius 3 is 3.00 bits per heavy atom. The summed E-state index contributed by atoms with van der Waals surface area (Å²) in [5.74, 6) is 1.01. The highest BCUT2D eigenvalue weighted by atomic mass is 16.3. The molecule has 1 heterocycles. The molecule has 0 aromatic heterocycles. The van der Waals surface area contributed by atoms with Crippen molar-refractivity contribution >= 4 is 0 Å². The lowest BCUT2D eigenvalue weighted by atomic mass is 9.78. The lowest BCUT2D eigenvalue weighted by molar-refractivity contribution is 0.341. The van der Waals surface area contributed by atoms with Crippen LogP contribution in [0.25, 0.3) is 0 Å². The van der Waals surface area contributed by atoms with Gasteiger partial charge in [-0.25, -0.2) is 0 Å². The van der Waals surface area contributed by atoms with Crippen molar-refractivity contribution in [3.8, 4) is 5.75 Å². The highest BCUT2D eigenvalue weighted by Crippen LogP contribution is 2.35. The zero-order valence-electron chi connectivity index (χ0n) is 10.1. The third-order valence-electron chi connectivity index (χ3n) is 4.05. The van der Waals surface area contributed by atoms with E-state index in [2.05, 4.69) is 16.7 Å². The van der Waals surface area contributed by atoms with E-state index in [9.17, 15) is 5.11 Å². The number of hydrogen-bond acceptors (Lipinski definition) is 3. The Labute approximate surface area is 102 Å². The fourth-order valence-corrected chi connectivity index (χ4v) is 3.22. The van der Waals surface area contributed by atoms with Gasteiger partial charge in [-0.2, -0.15) is 0 Å². The van der Waals surface area contributed by atoms with Crippen molar-refractivity contribution in [1.82, 2.24) is 10.6 Å². The normalized spacial score (nSPS) is 28.7. The molecule has 0 saturated carbocycles. The van der Waals surface area contributed by atoms with E-state index in [1.165, 1.54) is 24.0 Å². The number of rotatable bonds is 1. The molecule has 0 amide bonds. The van der Waals surface area contributed by atoms with Crippen LogP contribution in [0.4, 0.5) is 0 Å². The summed E-state index contributed by atoms with van der Waals surface area (Å²) in [7, 11) is 0. The number of fused-ring (bicyclic) bond motifs is 1. The Balaban J connectivity index is 1.88. The van der Waals surface area contributed by atoms with E-state index < -0.39 is 0 Å². The smallest absolute Gasteiger partial charge is 0.115 e. The number of aryl methyl sites for hydroxylation is 1. The molecule has 2 atom stereocenters. The van der Waals surface area contributed by atoms with Gasteiger partial charge < -0.3 is 15.7 Å². The Kier molecular flexibility index (Phi) is 3.04. The van der Waals surface area contributed by atoms with Gasteiger partial charge in [-0.1, -0.05) is 6.07 Å².